The van der Waals surface area contributed by atoms with Crippen LogP contribution < -0.4 is 15.4 Å². The molecule has 2 aromatic carbocycles. The van der Waals surface area contributed by atoms with E-state index in [0.29, 0.717) is 43.3 Å². The average molecular weight is 724 g/mol. The van der Waals surface area contributed by atoms with Gasteiger partial charge in [0.1, 0.15) is 41.0 Å². The lowest BCUT2D eigenvalue weighted by Gasteiger charge is -2.51. The van der Waals surface area contributed by atoms with Crippen molar-refractivity contribution >= 4 is 54.7 Å². The van der Waals surface area contributed by atoms with E-state index in [1.54, 1.807) is 13.2 Å². The molecule has 14 heteroatoms. The number of nitrogen functional groups attached to an aromatic ring is 1. The molecule has 50 heavy (non-hydrogen) atoms. The van der Waals surface area contributed by atoms with Crippen molar-refractivity contribution < 1.29 is 22.6 Å². The van der Waals surface area contributed by atoms with Crippen LogP contribution in [0.15, 0.2) is 18.2 Å². The molecule has 1 saturated carbocycles. The van der Waals surface area contributed by atoms with E-state index < -0.39 is 23.3 Å². The molecule has 5 fully saturated rings. The molecule has 6 atom stereocenters. The third-order valence-electron chi connectivity index (χ3n) is 12.0. The molecular formula is C36H37ClF3N7O2S. The van der Waals surface area contributed by atoms with Gasteiger partial charge in [0.25, 0.3) is 0 Å². The number of nitrogens with two attached hydrogens (primary N) is 1. The maximum atomic E-state index is 17.2. The summed E-state index contributed by atoms with van der Waals surface area (Å²) in [6.07, 6.45) is 5.73. The van der Waals surface area contributed by atoms with Crippen LogP contribution in [0.3, 0.4) is 0 Å². The lowest BCUT2D eigenvalue weighted by molar-refractivity contribution is -0.0694. The van der Waals surface area contributed by atoms with Gasteiger partial charge in [-0.1, -0.05) is 17.7 Å². The second-order valence-corrected chi connectivity index (χ2v) is 16.0. The maximum absolute atomic E-state index is 17.2. The predicted octanol–water partition coefficient (Wildman–Crippen LogP) is 6.68. The Bertz CT molecular complexity index is 2060. The number of ether oxygens (including phenoxy) is 2. The molecule has 4 unspecified atom stereocenters. The minimum atomic E-state index is -0.925. The summed E-state index contributed by atoms with van der Waals surface area (Å²) >= 11 is 7.88. The largest absolute Gasteiger partial charge is 0.461 e. The quantitative estimate of drug-likeness (QED) is 0.224. The molecule has 4 aromatic rings. The first-order valence-corrected chi connectivity index (χ1v) is 18.6. The van der Waals surface area contributed by atoms with Crippen molar-refractivity contribution in [3.8, 4) is 23.2 Å². The Morgan fingerprint density at radius 3 is 2.66 bits per heavy atom. The summed E-state index contributed by atoms with van der Waals surface area (Å²) in [6, 6.07) is 7.35. The average Bonchev–Trinajstić information content (AvgIpc) is 3.78. The number of alkyl halides is 1. The summed E-state index contributed by atoms with van der Waals surface area (Å²) < 4.78 is 59.0. The van der Waals surface area contributed by atoms with E-state index in [4.69, 9.17) is 31.8 Å². The van der Waals surface area contributed by atoms with Crippen molar-refractivity contribution in [2.75, 3.05) is 50.5 Å². The highest BCUT2D eigenvalue weighted by Crippen LogP contribution is 2.47. The number of benzene rings is 2. The van der Waals surface area contributed by atoms with Gasteiger partial charge in [-0.3, -0.25) is 9.80 Å². The molecule has 6 heterocycles. The Labute approximate surface area is 296 Å². The van der Waals surface area contributed by atoms with E-state index in [2.05, 4.69) is 25.8 Å². The highest BCUT2D eigenvalue weighted by molar-refractivity contribution is 7.23. The molecule has 4 aliphatic heterocycles. The Hall–Kier alpha value is -3.41. The molecular weight excluding hydrogens is 687 g/mol. The van der Waals surface area contributed by atoms with E-state index in [1.165, 1.54) is 12.1 Å². The van der Waals surface area contributed by atoms with Gasteiger partial charge in [0.05, 0.1) is 26.9 Å². The molecule has 2 bridgehead atoms. The standard InChI is InChI=1S/C36H37ClF3N7O2S/c1-48-27-8-7-26(27)47-19-3-4-20(47)16-45(15-19)34-22-11-24(37)29(21-5-6-25(39)32-28(21)23(13-41)33(42)50-32)30(40)31(22)43-35(44-34)49-17-36-9-2-10-46(36)14-18(38)12-36/h5-6,11,18-20,26-27H,2-4,7-10,12,14-17,42H2,1H3/t18-,19?,20?,26?,27?,36+/m1/s1. The van der Waals surface area contributed by atoms with Crippen LogP contribution in [0.1, 0.15) is 50.5 Å². The van der Waals surface area contributed by atoms with E-state index in [0.717, 1.165) is 56.4 Å². The van der Waals surface area contributed by atoms with Gasteiger partial charge in [-0.15, -0.1) is 11.3 Å². The van der Waals surface area contributed by atoms with Gasteiger partial charge in [0.2, 0.25) is 0 Å². The zero-order valence-corrected chi connectivity index (χ0v) is 29.2. The fourth-order valence-corrected chi connectivity index (χ4v) is 10.8. The predicted molar refractivity (Wildman–Crippen MR) is 188 cm³/mol. The summed E-state index contributed by atoms with van der Waals surface area (Å²) in [5.41, 5.74) is 5.98. The number of hydrogen-bond donors (Lipinski definition) is 1. The van der Waals surface area contributed by atoms with E-state index in [-0.39, 0.29) is 73.1 Å². The lowest BCUT2D eigenvalue weighted by Crippen LogP contribution is -2.63. The van der Waals surface area contributed by atoms with Gasteiger partial charge < -0.3 is 20.1 Å². The molecule has 9 rings (SSSR count). The normalized spacial score (nSPS) is 29.5. The number of fused-ring (bicyclic) bond motifs is 5. The van der Waals surface area contributed by atoms with Crippen molar-refractivity contribution in [1.29, 1.82) is 5.26 Å². The molecule has 0 amide bonds. The number of anilines is 2. The molecule has 1 aliphatic carbocycles. The van der Waals surface area contributed by atoms with E-state index in [1.807, 2.05) is 0 Å². The zero-order valence-electron chi connectivity index (χ0n) is 27.6. The van der Waals surface area contributed by atoms with Crippen LogP contribution in [0.25, 0.3) is 32.1 Å². The second-order valence-electron chi connectivity index (χ2n) is 14.5. The summed E-state index contributed by atoms with van der Waals surface area (Å²) in [4.78, 5) is 16.5. The number of thiophene rings is 1. The molecule has 0 radical (unpaired) electrons. The molecule has 9 nitrogen and oxygen atoms in total. The minimum absolute atomic E-state index is 0.00682. The molecule has 4 saturated heterocycles. The third kappa shape index (κ3) is 4.89. The third-order valence-corrected chi connectivity index (χ3v) is 13.3. The number of methoxy groups -OCH3 is 1. The first-order valence-electron chi connectivity index (χ1n) is 17.4. The van der Waals surface area contributed by atoms with Gasteiger partial charge >= 0.3 is 6.01 Å². The number of halogens is 4. The van der Waals surface area contributed by atoms with Gasteiger partial charge in [0.15, 0.2) is 5.82 Å². The summed E-state index contributed by atoms with van der Waals surface area (Å²) in [6.45, 7) is 2.76. The minimum Gasteiger partial charge on any atom is -0.461 e. The molecule has 262 valence electrons. The number of nitrogens with zero attached hydrogens (tertiary/aromatic N) is 6. The fourth-order valence-electron chi connectivity index (χ4n) is 9.59. The lowest BCUT2D eigenvalue weighted by atomic mass is 9.85. The van der Waals surface area contributed by atoms with Crippen molar-refractivity contribution in [3.05, 3.63) is 40.4 Å². The number of aromatic nitrogens is 2. The Morgan fingerprint density at radius 1 is 1.14 bits per heavy atom. The van der Waals surface area contributed by atoms with Crippen LogP contribution in [-0.2, 0) is 4.74 Å². The van der Waals surface area contributed by atoms with Crippen molar-refractivity contribution in [1.82, 2.24) is 19.8 Å². The van der Waals surface area contributed by atoms with Crippen molar-refractivity contribution in [2.45, 2.75) is 80.9 Å². The van der Waals surface area contributed by atoms with Gasteiger partial charge in [-0.2, -0.15) is 15.2 Å². The highest BCUT2D eigenvalue weighted by atomic mass is 35.5. The van der Waals surface area contributed by atoms with Crippen molar-refractivity contribution in [3.63, 3.8) is 0 Å². The number of nitriles is 1. The van der Waals surface area contributed by atoms with Gasteiger partial charge in [0, 0.05) is 67.6 Å². The van der Waals surface area contributed by atoms with Gasteiger partial charge in [-0.05, 0) is 62.8 Å². The Kier molecular flexibility index (Phi) is 7.86. The van der Waals surface area contributed by atoms with Crippen LogP contribution >= 0.6 is 22.9 Å². The first kappa shape index (κ1) is 32.5. The number of hydrogen-bond acceptors (Lipinski definition) is 10. The molecule has 5 aliphatic rings. The smallest absolute Gasteiger partial charge is 0.319 e. The first-order chi connectivity index (χ1) is 24.2. The number of piperazine rings is 1. The fraction of sp³-hybridized carbons (Fsp3) is 0.528. The van der Waals surface area contributed by atoms with Gasteiger partial charge in [-0.25, -0.2) is 13.2 Å². The molecule has 2 aromatic heterocycles. The highest BCUT2D eigenvalue weighted by Gasteiger charge is 2.50. The summed E-state index contributed by atoms with van der Waals surface area (Å²) in [5, 5.41) is 10.8. The monoisotopic (exact) mass is 723 g/mol. The van der Waals surface area contributed by atoms with Crippen LogP contribution in [0.5, 0.6) is 6.01 Å². The van der Waals surface area contributed by atoms with Crippen LogP contribution in [0, 0.1) is 23.0 Å². The topological polar surface area (TPSA) is 104 Å². The second kappa shape index (κ2) is 12.1. The SMILES string of the molecule is COC1CCC1N1C2CCC1CN(c1nc(OC[C@@]34CCCN3C[C@H](F)C4)nc3c(F)c(-c4ccc(F)c5sc(N)c(C#N)c45)c(Cl)cc13)C2. The Morgan fingerprint density at radius 2 is 1.94 bits per heavy atom. The van der Waals surface area contributed by atoms with E-state index >= 15 is 4.39 Å². The molecule has 0 spiro atoms. The van der Waals surface area contributed by atoms with Crippen LogP contribution in [0.4, 0.5) is 24.0 Å². The maximum Gasteiger partial charge on any atom is 0.319 e. The summed E-state index contributed by atoms with van der Waals surface area (Å²) in [5.74, 6) is -0.759. The Balaban J connectivity index is 1.16. The van der Waals surface area contributed by atoms with Crippen LogP contribution in [-0.4, -0.2) is 95.6 Å². The number of rotatable bonds is 7. The molecule has 2 N–H and O–H groups in total. The van der Waals surface area contributed by atoms with Crippen molar-refractivity contribution in [2.24, 2.45) is 0 Å². The van der Waals surface area contributed by atoms with Crippen LogP contribution in [0.2, 0.25) is 5.02 Å². The summed E-state index contributed by atoms with van der Waals surface area (Å²) in [7, 11) is 1.78. The zero-order chi connectivity index (χ0) is 34.5. The van der Waals surface area contributed by atoms with E-state index in [9.17, 15) is 14.0 Å².